The lowest BCUT2D eigenvalue weighted by Crippen LogP contribution is -2.18. The third kappa shape index (κ3) is 3.41. The Kier molecular flexibility index (Phi) is 4.30. The van der Waals surface area contributed by atoms with Crippen molar-refractivity contribution in [2.45, 2.75) is 6.54 Å². The van der Waals surface area contributed by atoms with Gasteiger partial charge in [-0.05, 0) is 0 Å². The van der Waals surface area contributed by atoms with Crippen molar-refractivity contribution >= 4 is 0 Å². The Morgan fingerprint density at radius 3 is 2.88 bits per heavy atom. The molecule has 0 unspecified atom stereocenters. The zero-order valence-corrected chi connectivity index (χ0v) is 9.85. The number of benzene rings is 1. The van der Waals surface area contributed by atoms with Crippen LogP contribution in [0.2, 0.25) is 0 Å². The van der Waals surface area contributed by atoms with Gasteiger partial charge in [-0.15, -0.1) is 0 Å². The number of aromatic nitrogens is 1. The maximum atomic E-state index is 5.29. The van der Waals surface area contributed by atoms with Crippen molar-refractivity contribution < 1.29 is 9.26 Å². The number of methoxy groups -OCH3 is 1. The number of hydrogen-bond donors (Lipinski definition) is 1. The molecule has 2 rings (SSSR count). The van der Waals surface area contributed by atoms with Crippen LogP contribution >= 0.6 is 0 Å². The van der Waals surface area contributed by atoms with E-state index in [1.165, 1.54) is 0 Å². The van der Waals surface area contributed by atoms with Gasteiger partial charge in [-0.3, -0.25) is 0 Å². The fraction of sp³-hybridized carbons (Fsp3) is 0.308. The summed E-state index contributed by atoms with van der Waals surface area (Å²) in [5.74, 6) is 0.800. The molecule has 90 valence electrons. The lowest BCUT2D eigenvalue weighted by molar-refractivity contribution is 0.199. The molecule has 0 saturated heterocycles. The predicted octanol–water partition coefficient (Wildman–Crippen LogP) is 2.08. The number of hydrogen-bond acceptors (Lipinski definition) is 4. The zero-order chi connectivity index (χ0) is 11.9. The quantitative estimate of drug-likeness (QED) is 0.775. The van der Waals surface area contributed by atoms with E-state index in [0.717, 1.165) is 23.6 Å². The van der Waals surface area contributed by atoms with Gasteiger partial charge in [0.1, 0.15) is 0 Å². The molecule has 1 aromatic heterocycles. The summed E-state index contributed by atoms with van der Waals surface area (Å²) in [6.07, 6.45) is 0. The van der Waals surface area contributed by atoms with Crippen LogP contribution in [0.3, 0.4) is 0 Å². The Bertz CT molecular complexity index is 440. The van der Waals surface area contributed by atoms with E-state index in [-0.39, 0.29) is 0 Å². The van der Waals surface area contributed by atoms with E-state index in [2.05, 4.69) is 10.5 Å². The van der Waals surface area contributed by atoms with Crippen LogP contribution < -0.4 is 5.32 Å². The fourth-order valence-corrected chi connectivity index (χ4v) is 1.52. The summed E-state index contributed by atoms with van der Waals surface area (Å²) in [6, 6.07) is 11.9. The summed E-state index contributed by atoms with van der Waals surface area (Å²) in [7, 11) is 1.69. The maximum absolute atomic E-state index is 5.29. The second-order valence-corrected chi connectivity index (χ2v) is 3.72. The van der Waals surface area contributed by atoms with Crippen LogP contribution in [0.5, 0.6) is 0 Å². The molecule has 4 heteroatoms. The second-order valence-electron chi connectivity index (χ2n) is 3.72. The number of ether oxygens (including phenoxy) is 1. The minimum atomic E-state index is 0.694. The van der Waals surface area contributed by atoms with Crippen molar-refractivity contribution in [2.75, 3.05) is 20.3 Å². The molecule has 0 saturated carbocycles. The first-order chi connectivity index (χ1) is 8.40. The van der Waals surface area contributed by atoms with Crippen molar-refractivity contribution in [2.24, 2.45) is 0 Å². The van der Waals surface area contributed by atoms with Crippen LogP contribution in [0.4, 0.5) is 0 Å². The van der Waals surface area contributed by atoms with Gasteiger partial charge in [0.15, 0.2) is 5.76 Å². The highest BCUT2D eigenvalue weighted by Gasteiger charge is 2.05. The number of nitrogens with zero attached hydrogens (tertiary/aromatic N) is 1. The SMILES string of the molecule is COCCNCc1cc(-c2ccccc2)on1. The van der Waals surface area contributed by atoms with Crippen LogP contribution in [0.15, 0.2) is 40.9 Å². The minimum absolute atomic E-state index is 0.694. The van der Waals surface area contributed by atoms with E-state index in [1.54, 1.807) is 7.11 Å². The molecule has 17 heavy (non-hydrogen) atoms. The Labute approximate surface area is 101 Å². The molecule has 0 amide bonds. The minimum Gasteiger partial charge on any atom is -0.383 e. The van der Waals surface area contributed by atoms with E-state index >= 15 is 0 Å². The van der Waals surface area contributed by atoms with Crippen molar-refractivity contribution in [1.82, 2.24) is 10.5 Å². The fourth-order valence-electron chi connectivity index (χ4n) is 1.52. The molecule has 0 aliphatic rings. The van der Waals surface area contributed by atoms with Gasteiger partial charge in [-0.2, -0.15) is 0 Å². The Balaban J connectivity index is 1.92. The van der Waals surface area contributed by atoms with Gasteiger partial charge >= 0.3 is 0 Å². The molecule has 0 spiro atoms. The molecule has 0 radical (unpaired) electrons. The molecule has 0 fully saturated rings. The molecular formula is C13H16N2O2. The largest absolute Gasteiger partial charge is 0.383 e. The van der Waals surface area contributed by atoms with E-state index in [4.69, 9.17) is 9.26 Å². The Morgan fingerprint density at radius 1 is 1.29 bits per heavy atom. The molecule has 1 aromatic carbocycles. The average Bonchev–Trinajstić information content (AvgIpc) is 2.85. The third-order valence-electron chi connectivity index (χ3n) is 2.41. The van der Waals surface area contributed by atoms with Crippen LogP contribution in [0, 0.1) is 0 Å². The van der Waals surface area contributed by atoms with Crippen LogP contribution in [0.1, 0.15) is 5.69 Å². The molecule has 0 aliphatic heterocycles. The monoisotopic (exact) mass is 232 g/mol. The summed E-state index contributed by atoms with van der Waals surface area (Å²) in [4.78, 5) is 0. The van der Waals surface area contributed by atoms with Crippen LogP contribution in [0.25, 0.3) is 11.3 Å². The van der Waals surface area contributed by atoms with E-state index < -0.39 is 0 Å². The van der Waals surface area contributed by atoms with Gasteiger partial charge in [0.05, 0.1) is 12.3 Å². The van der Waals surface area contributed by atoms with Gasteiger partial charge in [0.2, 0.25) is 0 Å². The van der Waals surface area contributed by atoms with Crippen molar-refractivity contribution in [3.8, 4) is 11.3 Å². The van der Waals surface area contributed by atoms with Crippen molar-refractivity contribution in [1.29, 1.82) is 0 Å². The summed E-state index contributed by atoms with van der Waals surface area (Å²) < 4.78 is 10.2. The standard InChI is InChI=1S/C13H16N2O2/c1-16-8-7-14-10-12-9-13(17-15-12)11-5-3-2-4-6-11/h2-6,9,14H,7-8,10H2,1H3. The van der Waals surface area contributed by atoms with Crippen LogP contribution in [-0.2, 0) is 11.3 Å². The van der Waals surface area contributed by atoms with Gasteiger partial charge in [-0.1, -0.05) is 35.5 Å². The molecule has 0 atom stereocenters. The topological polar surface area (TPSA) is 47.3 Å². The van der Waals surface area contributed by atoms with Crippen LogP contribution in [-0.4, -0.2) is 25.4 Å². The normalized spacial score (nSPS) is 10.6. The first-order valence-electron chi connectivity index (χ1n) is 5.61. The summed E-state index contributed by atoms with van der Waals surface area (Å²) >= 11 is 0. The number of rotatable bonds is 6. The Morgan fingerprint density at radius 2 is 2.12 bits per heavy atom. The summed E-state index contributed by atoms with van der Waals surface area (Å²) in [6.45, 7) is 2.20. The first-order valence-corrected chi connectivity index (χ1v) is 5.61. The van der Waals surface area contributed by atoms with E-state index in [0.29, 0.717) is 13.2 Å². The van der Waals surface area contributed by atoms with Gasteiger partial charge in [0.25, 0.3) is 0 Å². The molecule has 0 aliphatic carbocycles. The highest BCUT2D eigenvalue weighted by Crippen LogP contribution is 2.19. The van der Waals surface area contributed by atoms with E-state index in [9.17, 15) is 0 Å². The molecule has 0 bridgehead atoms. The van der Waals surface area contributed by atoms with Gasteiger partial charge < -0.3 is 14.6 Å². The molecule has 1 heterocycles. The smallest absolute Gasteiger partial charge is 0.167 e. The average molecular weight is 232 g/mol. The zero-order valence-electron chi connectivity index (χ0n) is 9.85. The second kappa shape index (κ2) is 6.18. The molecule has 4 nitrogen and oxygen atoms in total. The highest BCUT2D eigenvalue weighted by molar-refractivity contribution is 5.56. The van der Waals surface area contributed by atoms with Gasteiger partial charge in [0, 0.05) is 31.8 Å². The van der Waals surface area contributed by atoms with Gasteiger partial charge in [-0.25, -0.2) is 0 Å². The predicted molar refractivity (Wildman–Crippen MR) is 65.5 cm³/mol. The lowest BCUT2D eigenvalue weighted by atomic mass is 10.2. The molecular weight excluding hydrogens is 216 g/mol. The first kappa shape index (κ1) is 11.8. The van der Waals surface area contributed by atoms with E-state index in [1.807, 2.05) is 36.4 Å². The van der Waals surface area contributed by atoms with Crippen molar-refractivity contribution in [3.63, 3.8) is 0 Å². The maximum Gasteiger partial charge on any atom is 0.167 e. The Hall–Kier alpha value is -1.65. The van der Waals surface area contributed by atoms with Crippen molar-refractivity contribution in [3.05, 3.63) is 42.1 Å². The molecule has 1 N–H and O–H groups in total. The summed E-state index contributed by atoms with van der Waals surface area (Å²) in [5.41, 5.74) is 1.95. The number of nitrogens with one attached hydrogen (secondary N) is 1. The lowest BCUT2D eigenvalue weighted by Gasteiger charge is -1.99. The highest BCUT2D eigenvalue weighted by atomic mass is 16.5. The summed E-state index contributed by atoms with van der Waals surface area (Å²) in [5, 5.41) is 7.23. The molecule has 2 aromatic rings. The third-order valence-corrected chi connectivity index (χ3v) is 2.41.